The molecular formula is C13H17NO3. The Morgan fingerprint density at radius 2 is 2.18 bits per heavy atom. The lowest BCUT2D eigenvalue weighted by Gasteiger charge is -2.20. The molecule has 1 aromatic carbocycles. The van der Waals surface area contributed by atoms with Gasteiger partial charge in [-0.3, -0.25) is 4.79 Å². The molecule has 1 saturated carbocycles. The topological polar surface area (TPSA) is 72.5 Å². The molecule has 0 aromatic heterocycles. The van der Waals surface area contributed by atoms with Crippen molar-refractivity contribution in [3.8, 4) is 0 Å². The normalized spacial score (nSPS) is 18.7. The van der Waals surface area contributed by atoms with Crippen LogP contribution in [0, 0.1) is 0 Å². The molecule has 2 rings (SSSR count). The predicted octanol–water partition coefficient (Wildman–Crippen LogP) is 1.45. The van der Waals surface area contributed by atoms with Gasteiger partial charge in [-0.2, -0.15) is 0 Å². The van der Waals surface area contributed by atoms with Crippen LogP contribution in [0.1, 0.15) is 30.0 Å². The molecule has 1 atom stereocenters. The highest BCUT2D eigenvalue weighted by atomic mass is 16.5. The predicted molar refractivity (Wildman–Crippen MR) is 63.8 cm³/mol. The molecule has 92 valence electrons. The molecule has 0 bridgehead atoms. The van der Waals surface area contributed by atoms with Crippen LogP contribution < -0.4 is 5.73 Å². The van der Waals surface area contributed by atoms with Crippen molar-refractivity contribution >= 4 is 5.97 Å². The number of hydrogen-bond acceptors (Lipinski definition) is 3. The molecule has 1 unspecified atom stereocenters. The summed E-state index contributed by atoms with van der Waals surface area (Å²) in [5.41, 5.74) is 7.43. The number of aliphatic carboxylic acids is 1. The second-order valence-electron chi connectivity index (χ2n) is 4.62. The van der Waals surface area contributed by atoms with E-state index in [1.807, 2.05) is 18.2 Å². The highest BCUT2D eigenvalue weighted by molar-refractivity contribution is 5.76. The number of carboxylic acids is 1. The lowest BCUT2D eigenvalue weighted by molar-refractivity contribution is -0.138. The van der Waals surface area contributed by atoms with E-state index in [9.17, 15) is 4.79 Å². The fourth-order valence-corrected chi connectivity index (χ4v) is 2.30. The Kier molecular flexibility index (Phi) is 3.17. The Labute approximate surface area is 100 Å². The molecular weight excluding hydrogens is 218 g/mol. The lowest BCUT2D eigenvalue weighted by atomic mass is 9.89. The number of rotatable bonds is 5. The Morgan fingerprint density at radius 1 is 1.53 bits per heavy atom. The maximum Gasteiger partial charge on any atom is 0.325 e. The summed E-state index contributed by atoms with van der Waals surface area (Å²) >= 11 is 0. The van der Waals surface area contributed by atoms with Crippen molar-refractivity contribution in [2.75, 3.05) is 13.7 Å². The van der Waals surface area contributed by atoms with Crippen LogP contribution in [0.2, 0.25) is 0 Å². The summed E-state index contributed by atoms with van der Waals surface area (Å²) in [5, 5.41) is 9.02. The summed E-state index contributed by atoms with van der Waals surface area (Å²) in [6.45, 7) is 0.621. The molecule has 0 heterocycles. The summed E-state index contributed by atoms with van der Waals surface area (Å²) in [5.74, 6) is -0.995. The minimum absolute atomic E-state index is 0.0155. The molecule has 17 heavy (non-hydrogen) atoms. The highest BCUT2D eigenvalue weighted by Crippen LogP contribution is 2.50. The number of nitrogens with two attached hydrogens (primary N) is 1. The van der Waals surface area contributed by atoms with Gasteiger partial charge in [0.25, 0.3) is 0 Å². The molecule has 0 aliphatic heterocycles. The van der Waals surface area contributed by atoms with Crippen LogP contribution in [0.25, 0.3) is 0 Å². The number of ether oxygens (including phenoxy) is 1. The smallest absolute Gasteiger partial charge is 0.325 e. The van der Waals surface area contributed by atoms with Crippen LogP contribution in [0.4, 0.5) is 0 Å². The van der Waals surface area contributed by atoms with Gasteiger partial charge in [0.05, 0.1) is 6.61 Å². The van der Waals surface area contributed by atoms with E-state index in [1.165, 1.54) is 0 Å². The molecule has 1 aliphatic rings. The molecule has 0 spiro atoms. The number of carbonyl (C=O) groups is 1. The van der Waals surface area contributed by atoms with Crippen molar-refractivity contribution in [2.45, 2.75) is 24.3 Å². The van der Waals surface area contributed by atoms with Gasteiger partial charge in [-0.25, -0.2) is 0 Å². The Bertz CT molecular complexity index is 426. The third-order valence-corrected chi connectivity index (χ3v) is 3.41. The van der Waals surface area contributed by atoms with E-state index < -0.39 is 12.0 Å². The van der Waals surface area contributed by atoms with Crippen LogP contribution in [0.3, 0.4) is 0 Å². The number of benzene rings is 1. The maximum absolute atomic E-state index is 11.0. The highest BCUT2D eigenvalue weighted by Gasteiger charge is 2.46. The van der Waals surface area contributed by atoms with Gasteiger partial charge in [0.15, 0.2) is 0 Å². The fraction of sp³-hybridized carbons (Fsp3) is 0.462. The third-order valence-electron chi connectivity index (χ3n) is 3.41. The molecule has 4 nitrogen and oxygen atoms in total. The number of hydrogen-bond donors (Lipinski definition) is 2. The van der Waals surface area contributed by atoms with Crippen LogP contribution in [-0.4, -0.2) is 24.8 Å². The van der Waals surface area contributed by atoms with Crippen molar-refractivity contribution in [3.63, 3.8) is 0 Å². The summed E-state index contributed by atoms with van der Waals surface area (Å²) in [6.07, 6.45) is 2.06. The molecule has 4 heteroatoms. The second-order valence-corrected chi connectivity index (χ2v) is 4.62. The van der Waals surface area contributed by atoms with E-state index in [2.05, 4.69) is 0 Å². The van der Waals surface area contributed by atoms with Gasteiger partial charge in [-0.1, -0.05) is 24.3 Å². The van der Waals surface area contributed by atoms with Gasteiger partial charge >= 0.3 is 5.97 Å². The monoisotopic (exact) mass is 235 g/mol. The van der Waals surface area contributed by atoms with Gasteiger partial charge in [-0.15, -0.1) is 0 Å². The van der Waals surface area contributed by atoms with Gasteiger partial charge in [0, 0.05) is 12.5 Å². The van der Waals surface area contributed by atoms with Gasteiger partial charge in [-0.05, 0) is 24.0 Å². The van der Waals surface area contributed by atoms with Crippen molar-refractivity contribution < 1.29 is 14.6 Å². The van der Waals surface area contributed by atoms with Gasteiger partial charge < -0.3 is 15.6 Å². The third kappa shape index (κ3) is 2.18. The molecule has 0 saturated heterocycles. The van der Waals surface area contributed by atoms with Crippen LogP contribution in [0.15, 0.2) is 24.3 Å². The average Bonchev–Trinajstić information content (AvgIpc) is 3.09. The SMILES string of the molecule is COCC1(c2ccccc2C(N)C(=O)O)CC1. The minimum atomic E-state index is -0.995. The van der Waals surface area contributed by atoms with Crippen molar-refractivity contribution in [3.05, 3.63) is 35.4 Å². The standard InChI is InChI=1S/C13H17NO3/c1-17-8-13(6-7-13)10-5-3-2-4-9(10)11(14)12(15)16/h2-5,11H,6-8,14H2,1H3,(H,15,16). The molecule has 3 N–H and O–H groups in total. The van der Waals surface area contributed by atoms with Crippen LogP contribution >= 0.6 is 0 Å². The lowest BCUT2D eigenvalue weighted by Crippen LogP contribution is -2.25. The largest absolute Gasteiger partial charge is 0.480 e. The molecule has 0 amide bonds. The first kappa shape index (κ1) is 12.1. The second kappa shape index (κ2) is 4.47. The van der Waals surface area contributed by atoms with E-state index >= 15 is 0 Å². The summed E-state index contributed by atoms with van der Waals surface area (Å²) in [4.78, 5) is 11.0. The summed E-state index contributed by atoms with van der Waals surface area (Å²) < 4.78 is 5.23. The van der Waals surface area contributed by atoms with Crippen molar-refractivity contribution in [2.24, 2.45) is 5.73 Å². The van der Waals surface area contributed by atoms with E-state index in [-0.39, 0.29) is 5.41 Å². The zero-order chi connectivity index (χ0) is 12.5. The number of carboxylic acid groups (broad SMARTS) is 1. The maximum atomic E-state index is 11.0. The van der Waals surface area contributed by atoms with Crippen molar-refractivity contribution in [1.29, 1.82) is 0 Å². The zero-order valence-electron chi connectivity index (χ0n) is 9.85. The van der Waals surface area contributed by atoms with E-state index in [1.54, 1.807) is 13.2 Å². The van der Waals surface area contributed by atoms with Crippen LogP contribution in [-0.2, 0) is 14.9 Å². The van der Waals surface area contributed by atoms with E-state index in [0.29, 0.717) is 12.2 Å². The first-order valence-corrected chi connectivity index (χ1v) is 5.67. The Balaban J connectivity index is 2.38. The average molecular weight is 235 g/mol. The van der Waals surface area contributed by atoms with Gasteiger partial charge in [0.2, 0.25) is 0 Å². The van der Waals surface area contributed by atoms with Crippen molar-refractivity contribution in [1.82, 2.24) is 0 Å². The minimum Gasteiger partial charge on any atom is -0.480 e. The first-order chi connectivity index (χ1) is 8.10. The summed E-state index contributed by atoms with van der Waals surface area (Å²) in [6, 6.07) is 6.54. The van der Waals surface area contributed by atoms with Crippen LogP contribution in [0.5, 0.6) is 0 Å². The first-order valence-electron chi connectivity index (χ1n) is 5.67. The fourth-order valence-electron chi connectivity index (χ4n) is 2.30. The molecule has 1 fully saturated rings. The quantitative estimate of drug-likeness (QED) is 0.810. The molecule has 1 aromatic rings. The Hall–Kier alpha value is -1.39. The van der Waals surface area contributed by atoms with E-state index in [4.69, 9.17) is 15.6 Å². The van der Waals surface area contributed by atoms with E-state index in [0.717, 1.165) is 18.4 Å². The van der Waals surface area contributed by atoms with Gasteiger partial charge in [0.1, 0.15) is 6.04 Å². The number of methoxy groups -OCH3 is 1. The Morgan fingerprint density at radius 3 is 2.71 bits per heavy atom. The zero-order valence-corrected chi connectivity index (χ0v) is 9.85. The molecule has 0 radical (unpaired) electrons. The molecule has 1 aliphatic carbocycles. The summed E-state index contributed by atoms with van der Waals surface area (Å²) in [7, 11) is 1.67.